The van der Waals surface area contributed by atoms with Gasteiger partial charge in [-0.3, -0.25) is 14.4 Å². The van der Waals surface area contributed by atoms with Gasteiger partial charge in [-0.25, -0.2) is 0 Å². The molecule has 31 heavy (non-hydrogen) atoms. The topological polar surface area (TPSA) is 72.5 Å². The van der Waals surface area contributed by atoms with Crippen molar-refractivity contribution >= 4 is 23.3 Å². The van der Waals surface area contributed by atoms with E-state index in [1.165, 1.54) is 19.3 Å². The molecule has 1 N–H and O–H groups in total. The van der Waals surface area contributed by atoms with Gasteiger partial charge in [0.25, 0.3) is 5.91 Å². The Morgan fingerprint density at radius 3 is 2.06 bits per heavy atom. The van der Waals surface area contributed by atoms with Gasteiger partial charge >= 0.3 is 5.97 Å². The first-order valence-electron chi connectivity index (χ1n) is 11.2. The molecule has 5 nitrogen and oxygen atoms in total. The number of hydrogen-bond donors (Lipinski definition) is 1. The molecule has 6 rings (SSSR count). The molecule has 0 aromatic heterocycles. The molecule has 4 aliphatic rings. The average molecular weight is 418 g/mol. The molecule has 4 fully saturated rings. The van der Waals surface area contributed by atoms with Crippen LogP contribution in [0.25, 0.3) is 0 Å². The molecule has 0 spiro atoms. The van der Waals surface area contributed by atoms with Gasteiger partial charge in [0.15, 0.2) is 12.4 Å². The monoisotopic (exact) mass is 417 g/mol. The van der Waals surface area contributed by atoms with E-state index in [0.717, 1.165) is 19.3 Å². The van der Waals surface area contributed by atoms with Crippen molar-refractivity contribution in [2.24, 2.45) is 23.2 Å². The second-order valence-electron chi connectivity index (χ2n) is 9.56. The highest BCUT2D eigenvalue weighted by molar-refractivity contribution is 6.13. The second kappa shape index (κ2) is 7.95. The second-order valence-corrected chi connectivity index (χ2v) is 9.56. The SMILES string of the molecule is O=C(COC(=O)C12CC3CC(CC(C3)C1)C2)Nc1ccccc1C(=O)c1ccccc1. The fourth-order valence-corrected chi connectivity index (χ4v) is 6.37. The van der Waals surface area contributed by atoms with E-state index in [2.05, 4.69) is 5.32 Å². The molecule has 0 saturated heterocycles. The molecular weight excluding hydrogens is 390 g/mol. The summed E-state index contributed by atoms with van der Waals surface area (Å²) >= 11 is 0. The van der Waals surface area contributed by atoms with Gasteiger partial charge in [0, 0.05) is 11.1 Å². The fourth-order valence-electron chi connectivity index (χ4n) is 6.37. The number of carbonyl (C=O) groups is 3. The minimum atomic E-state index is -0.425. The van der Waals surface area contributed by atoms with Crippen molar-refractivity contribution in [2.45, 2.75) is 38.5 Å². The molecule has 160 valence electrons. The first-order chi connectivity index (χ1) is 15.0. The van der Waals surface area contributed by atoms with Gasteiger partial charge in [0.2, 0.25) is 0 Å². The van der Waals surface area contributed by atoms with Crippen molar-refractivity contribution in [2.75, 3.05) is 11.9 Å². The molecule has 4 aliphatic carbocycles. The van der Waals surface area contributed by atoms with Crippen LogP contribution in [0.2, 0.25) is 0 Å². The van der Waals surface area contributed by atoms with Crippen molar-refractivity contribution < 1.29 is 19.1 Å². The van der Waals surface area contributed by atoms with E-state index < -0.39 is 5.91 Å². The summed E-state index contributed by atoms with van der Waals surface area (Å²) in [5.41, 5.74) is 1.01. The fraction of sp³-hybridized carbons (Fsp3) is 0.423. The maximum absolute atomic E-state index is 13.0. The van der Waals surface area contributed by atoms with E-state index in [9.17, 15) is 14.4 Å². The number of nitrogens with one attached hydrogen (secondary N) is 1. The highest BCUT2D eigenvalue weighted by atomic mass is 16.5. The molecule has 2 aromatic rings. The van der Waals surface area contributed by atoms with Crippen molar-refractivity contribution in [1.29, 1.82) is 0 Å². The number of hydrogen-bond acceptors (Lipinski definition) is 4. The number of rotatable bonds is 6. The summed E-state index contributed by atoms with van der Waals surface area (Å²) in [5, 5.41) is 2.75. The Balaban J connectivity index is 1.23. The van der Waals surface area contributed by atoms with Crippen LogP contribution >= 0.6 is 0 Å². The lowest BCUT2D eigenvalue weighted by molar-refractivity contribution is -0.172. The van der Waals surface area contributed by atoms with E-state index in [1.54, 1.807) is 48.5 Å². The van der Waals surface area contributed by atoms with Gasteiger partial charge in [-0.2, -0.15) is 0 Å². The normalized spacial score (nSPS) is 28.2. The minimum absolute atomic E-state index is 0.165. The van der Waals surface area contributed by atoms with Gasteiger partial charge in [-0.1, -0.05) is 42.5 Å². The van der Waals surface area contributed by atoms with Crippen molar-refractivity contribution in [3.05, 3.63) is 65.7 Å². The number of ketones is 1. The number of carbonyl (C=O) groups excluding carboxylic acids is 3. The van der Waals surface area contributed by atoms with Crippen molar-refractivity contribution in [1.82, 2.24) is 0 Å². The number of para-hydroxylation sites is 1. The summed E-state index contributed by atoms with van der Waals surface area (Å²) in [7, 11) is 0. The lowest BCUT2D eigenvalue weighted by Crippen LogP contribution is -2.50. The van der Waals surface area contributed by atoms with E-state index in [0.29, 0.717) is 34.6 Å². The number of amides is 1. The summed E-state index contributed by atoms with van der Waals surface area (Å²) in [5.74, 6) is 1.12. The van der Waals surface area contributed by atoms with Gasteiger partial charge in [0.05, 0.1) is 11.1 Å². The van der Waals surface area contributed by atoms with Gasteiger partial charge in [0.1, 0.15) is 0 Å². The van der Waals surface area contributed by atoms with E-state index in [-0.39, 0.29) is 23.8 Å². The van der Waals surface area contributed by atoms with E-state index in [1.807, 2.05) is 6.07 Å². The summed E-state index contributed by atoms with van der Waals surface area (Å²) in [6, 6.07) is 15.8. The molecular formula is C26H27NO4. The van der Waals surface area contributed by atoms with Crippen LogP contribution in [-0.4, -0.2) is 24.3 Å². The Morgan fingerprint density at radius 2 is 1.42 bits per heavy atom. The number of esters is 1. The van der Waals surface area contributed by atoms with Crippen LogP contribution in [0.1, 0.15) is 54.4 Å². The quantitative estimate of drug-likeness (QED) is 0.550. The zero-order valence-electron chi connectivity index (χ0n) is 17.5. The molecule has 4 bridgehead atoms. The molecule has 0 unspecified atom stereocenters. The van der Waals surface area contributed by atoms with Crippen LogP contribution in [0, 0.1) is 23.2 Å². The smallest absolute Gasteiger partial charge is 0.312 e. The summed E-state index contributed by atoms with van der Waals surface area (Å²) < 4.78 is 5.51. The summed E-state index contributed by atoms with van der Waals surface area (Å²) in [6.07, 6.45) is 6.48. The number of ether oxygens (including phenoxy) is 1. The molecule has 0 heterocycles. The van der Waals surface area contributed by atoms with E-state index in [4.69, 9.17) is 4.74 Å². The lowest BCUT2D eigenvalue weighted by Gasteiger charge is -2.55. The molecule has 2 aromatic carbocycles. The lowest BCUT2D eigenvalue weighted by atomic mass is 9.49. The minimum Gasteiger partial charge on any atom is -0.455 e. The maximum Gasteiger partial charge on any atom is 0.312 e. The zero-order chi connectivity index (χ0) is 21.4. The number of anilines is 1. The highest BCUT2D eigenvalue weighted by Gasteiger charge is 2.55. The standard InChI is InChI=1S/C26H27NO4/c28-23(16-31-25(30)26-13-17-10-18(14-26)12-19(11-17)15-26)27-22-9-5-4-8-21(22)24(29)20-6-2-1-3-7-20/h1-9,17-19H,10-16H2,(H,27,28). The Kier molecular flexibility index (Phi) is 5.12. The maximum atomic E-state index is 13.0. The Morgan fingerprint density at radius 1 is 0.839 bits per heavy atom. The van der Waals surface area contributed by atoms with Crippen LogP contribution in [0.15, 0.2) is 54.6 Å². The molecule has 0 atom stereocenters. The van der Waals surface area contributed by atoms with Gasteiger partial charge in [-0.05, 0) is 68.4 Å². The highest BCUT2D eigenvalue weighted by Crippen LogP contribution is 2.60. The van der Waals surface area contributed by atoms with Crippen LogP contribution in [0.5, 0.6) is 0 Å². The number of benzene rings is 2. The third-order valence-corrected chi connectivity index (χ3v) is 7.29. The molecule has 5 heteroatoms. The molecule has 0 radical (unpaired) electrons. The largest absolute Gasteiger partial charge is 0.455 e. The third kappa shape index (κ3) is 3.89. The molecule has 0 aliphatic heterocycles. The van der Waals surface area contributed by atoms with Crippen LogP contribution in [0.4, 0.5) is 5.69 Å². The van der Waals surface area contributed by atoms with Crippen molar-refractivity contribution in [3.8, 4) is 0 Å². The van der Waals surface area contributed by atoms with Crippen LogP contribution < -0.4 is 5.32 Å². The predicted molar refractivity (Wildman–Crippen MR) is 117 cm³/mol. The Hall–Kier alpha value is -2.95. The summed E-state index contributed by atoms with van der Waals surface area (Å²) in [6.45, 7) is -0.325. The molecule has 1 amide bonds. The Bertz CT molecular complexity index is 978. The molecule has 4 saturated carbocycles. The first-order valence-corrected chi connectivity index (χ1v) is 11.2. The van der Waals surface area contributed by atoms with Crippen LogP contribution in [0.3, 0.4) is 0 Å². The Labute approximate surface area is 182 Å². The zero-order valence-corrected chi connectivity index (χ0v) is 17.5. The average Bonchev–Trinajstić information content (AvgIpc) is 2.77. The predicted octanol–water partition coefficient (Wildman–Crippen LogP) is 4.62. The summed E-state index contributed by atoms with van der Waals surface area (Å²) in [4.78, 5) is 38.4. The third-order valence-electron chi connectivity index (χ3n) is 7.29. The first kappa shape index (κ1) is 20.0. The van der Waals surface area contributed by atoms with Gasteiger partial charge < -0.3 is 10.1 Å². The van der Waals surface area contributed by atoms with E-state index >= 15 is 0 Å². The van der Waals surface area contributed by atoms with Crippen molar-refractivity contribution in [3.63, 3.8) is 0 Å². The van der Waals surface area contributed by atoms with Crippen LogP contribution in [-0.2, 0) is 14.3 Å². The van der Waals surface area contributed by atoms with Gasteiger partial charge in [-0.15, -0.1) is 0 Å².